The molecule has 0 aromatic heterocycles. The summed E-state index contributed by atoms with van der Waals surface area (Å²) < 4.78 is 0. The number of aryl methyl sites for hydroxylation is 1. The molecule has 0 unspecified atom stereocenters. The number of hydrogen-bond donors (Lipinski definition) is 0. The molecule has 0 radical (unpaired) electrons. The molecule has 110 valence electrons. The maximum Gasteiger partial charge on any atom is 0.0440 e. The molecular formula is C21H21N. The highest BCUT2D eigenvalue weighted by Gasteiger charge is 2.12. The highest BCUT2D eigenvalue weighted by Crippen LogP contribution is 2.37. The number of para-hydroxylation sites is 1. The van der Waals surface area contributed by atoms with Crippen molar-refractivity contribution in [1.82, 2.24) is 0 Å². The van der Waals surface area contributed by atoms with Crippen LogP contribution < -0.4 is 4.90 Å². The van der Waals surface area contributed by atoms with Gasteiger partial charge in [0.2, 0.25) is 0 Å². The molecule has 1 heteroatoms. The van der Waals surface area contributed by atoms with Crippen LogP contribution in [0.2, 0.25) is 0 Å². The zero-order valence-electron chi connectivity index (χ0n) is 13.4. The maximum atomic E-state index is 2.21. The van der Waals surface area contributed by atoms with E-state index in [-0.39, 0.29) is 0 Å². The van der Waals surface area contributed by atoms with Gasteiger partial charge in [-0.15, -0.1) is 0 Å². The number of nitrogens with zero attached hydrogens (tertiary/aromatic N) is 1. The largest absolute Gasteiger partial charge is 0.377 e. The molecule has 0 aliphatic carbocycles. The van der Waals surface area contributed by atoms with Crippen molar-refractivity contribution in [2.45, 2.75) is 6.92 Å². The Kier molecular flexibility index (Phi) is 3.97. The first kappa shape index (κ1) is 14.4. The molecule has 0 amide bonds. The van der Waals surface area contributed by atoms with Crippen LogP contribution in [0.15, 0.2) is 72.8 Å². The molecular weight excluding hydrogens is 266 g/mol. The van der Waals surface area contributed by atoms with Crippen molar-refractivity contribution in [3.8, 4) is 22.3 Å². The van der Waals surface area contributed by atoms with E-state index in [1.165, 1.54) is 33.5 Å². The fraction of sp³-hybridized carbons (Fsp3) is 0.143. The molecule has 22 heavy (non-hydrogen) atoms. The summed E-state index contributed by atoms with van der Waals surface area (Å²) in [7, 11) is 4.18. The van der Waals surface area contributed by atoms with Gasteiger partial charge in [-0.05, 0) is 35.2 Å². The molecule has 3 aromatic rings. The summed E-state index contributed by atoms with van der Waals surface area (Å²) in [5, 5.41) is 0. The third-order valence-corrected chi connectivity index (χ3v) is 4.04. The van der Waals surface area contributed by atoms with Crippen molar-refractivity contribution in [2.75, 3.05) is 19.0 Å². The Labute approximate surface area is 132 Å². The van der Waals surface area contributed by atoms with Gasteiger partial charge < -0.3 is 4.90 Å². The van der Waals surface area contributed by atoms with Gasteiger partial charge in [-0.25, -0.2) is 0 Å². The highest BCUT2D eigenvalue weighted by molar-refractivity contribution is 5.90. The van der Waals surface area contributed by atoms with Crippen LogP contribution >= 0.6 is 0 Å². The standard InChI is InChI=1S/C21H21N/c1-16-10-4-5-11-17(16)18-12-6-7-13-19(18)20-14-8-9-15-21(20)22(2)3/h4-15H,1-3H3. The average Bonchev–Trinajstić information content (AvgIpc) is 2.55. The zero-order chi connectivity index (χ0) is 15.5. The molecule has 0 saturated carbocycles. The van der Waals surface area contributed by atoms with Gasteiger partial charge in [0.25, 0.3) is 0 Å². The van der Waals surface area contributed by atoms with Gasteiger partial charge >= 0.3 is 0 Å². The van der Waals surface area contributed by atoms with Gasteiger partial charge in [-0.1, -0.05) is 66.7 Å². The highest BCUT2D eigenvalue weighted by atomic mass is 15.1. The summed E-state index contributed by atoms with van der Waals surface area (Å²) in [6, 6.07) is 25.8. The summed E-state index contributed by atoms with van der Waals surface area (Å²) in [5.41, 5.74) is 7.68. The molecule has 0 aliphatic rings. The third kappa shape index (κ3) is 2.62. The lowest BCUT2D eigenvalue weighted by Gasteiger charge is -2.20. The molecule has 0 bridgehead atoms. The first-order chi connectivity index (χ1) is 10.7. The van der Waals surface area contributed by atoms with Gasteiger partial charge in [-0.2, -0.15) is 0 Å². The number of hydrogen-bond acceptors (Lipinski definition) is 1. The van der Waals surface area contributed by atoms with Crippen molar-refractivity contribution < 1.29 is 0 Å². The van der Waals surface area contributed by atoms with Crippen LogP contribution in [0.1, 0.15) is 5.56 Å². The second-order valence-electron chi connectivity index (χ2n) is 5.77. The van der Waals surface area contributed by atoms with Gasteiger partial charge in [0.15, 0.2) is 0 Å². The molecule has 0 atom stereocenters. The quantitative estimate of drug-likeness (QED) is 0.624. The normalized spacial score (nSPS) is 10.5. The van der Waals surface area contributed by atoms with Crippen molar-refractivity contribution in [3.63, 3.8) is 0 Å². The van der Waals surface area contributed by atoms with Gasteiger partial charge in [0, 0.05) is 25.3 Å². The minimum Gasteiger partial charge on any atom is -0.377 e. The summed E-state index contributed by atoms with van der Waals surface area (Å²) in [5.74, 6) is 0. The molecule has 0 saturated heterocycles. The van der Waals surface area contributed by atoms with Crippen molar-refractivity contribution in [1.29, 1.82) is 0 Å². The predicted octanol–water partition coefficient (Wildman–Crippen LogP) is 5.40. The van der Waals surface area contributed by atoms with E-state index in [2.05, 4.69) is 98.7 Å². The lowest BCUT2D eigenvalue weighted by atomic mass is 9.91. The van der Waals surface area contributed by atoms with E-state index >= 15 is 0 Å². The Balaban J connectivity index is 2.25. The van der Waals surface area contributed by atoms with Crippen LogP contribution in [-0.2, 0) is 0 Å². The second-order valence-corrected chi connectivity index (χ2v) is 5.77. The van der Waals surface area contributed by atoms with Crippen molar-refractivity contribution in [2.24, 2.45) is 0 Å². The van der Waals surface area contributed by atoms with Crippen LogP contribution in [0.5, 0.6) is 0 Å². The fourth-order valence-corrected chi connectivity index (χ4v) is 2.92. The molecule has 0 fully saturated rings. The van der Waals surface area contributed by atoms with Crippen molar-refractivity contribution >= 4 is 5.69 Å². The molecule has 3 aromatic carbocycles. The summed E-state index contributed by atoms with van der Waals surface area (Å²) in [4.78, 5) is 2.17. The molecule has 3 rings (SSSR count). The predicted molar refractivity (Wildman–Crippen MR) is 96.4 cm³/mol. The number of anilines is 1. The SMILES string of the molecule is Cc1ccccc1-c1ccccc1-c1ccccc1N(C)C. The summed E-state index contributed by atoms with van der Waals surface area (Å²) in [6.07, 6.45) is 0. The molecule has 0 spiro atoms. The van der Waals surface area contributed by atoms with Crippen LogP contribution in [0.3, 0.4) is 0 Å². The topological polar surface area (TPSA) is 3.24 Å². The van der Waals surface area contributed by atoms with Gasteiger partial charge in [0.05, 0.1) is 0 Å². The molecule has 0 heterocycles. The molecule has 0 N–H and O–H groups in total. The minimum absolute atomic E-state index is 1.24. The Morgan fingerprint density at radius 3 is 1.59 bits per heavy atom. The van der Waals surface area contributed by atoms with E-state index in [1.807, 2.05) is 0 Å². The maximum absolute atomic E-state index is 2.21. The first-order valence-electron chi connectivity index (χ1n) is 7.60. The number of rotatable bonds is 3. The summed E-state index contributed by atoms with van der Waals surface area (Å²) in [6.45, 7) is 2.17. The monoisotopic (exact) mass is 287 g/mol. The Morgan fingerprint density at radius 1 is 0.545 bits per heavy atom. The first-order valence-corrected chi connectivity index (χ1v) is 7.60. The van der Waals surface area contributed by atoms with Gasteiger partial charge in [0.1, 0.15) is 0 Å². The third-order valence-electron chi connectivity index (χ3n) is 4.04. The van der Waals surface area contributed by atoms with Crippen LogP contribution in [0.25, 0.3) is 22.3 Å². The fourth-order valence-electron chi connectivity index (χ4n) is 2.92. The van der Waals surface area contributed by atoms with Crippen LogP contribution in [0.4, 0.5) is 5.69 Å². The molecule has 1 nitrogen and oxygen atoms in total. The van der Waals surface area contributed by atoms with Gasteiger partial charge in [-0.3, -0.25) is 0 Å². The minimum atomic E-state index is 1.24. The Bertz CT molecular complexity index is 787. The zero-order valence-corrected chi connectivity index (χ0v) is 13.4. The van der Waals surface area contributed by atoms with E-state index in [0.29, 0.717) is 0 Å². The van der Waals surface area contributed by atoms with E-state index in [4.69, 9.17) is 0 Å². The smallest absolute Gasteiger partial charge is 0.0440 e. The molecule has 0 aliphatic heterocycles. The van der Waals surface area contributed by atoms with Crippen LogP contribution in [-0.4, -0.2) is 14.1 Å². The van der Waals surface area contributed by atoms with E-state index in [0.717, 1.165) is 0 Å². The number of benzene rings is 3. The second kappa shape index (κ2) is 6.07. The Morgan fingerprint density at radius 2 is 1.00 bits per heavy atom. The Hall–Kier alpha value is -2.54. The van der Waals surface area contributed by atoms with Crippen LogP contribution in [0, 0.1) is 6.92 Å². The summed E-state index contributed by atoms with van der Waals surface area (Å²) >= 11 is 0. The lowest BCUT2D eigenvalue weighted by Crippen LogP contribution is -2.09. The average molecular weight is 287 g/mol. The van der Waals surface area contributed by atoms with E-state index in [1.54, 1.807) is 0 Å². The van der Waals surface area contributed by atoms with E-state index in [9.17, 15) is 0 Å². The van der Waals surface area contributed by atoms with E-state index < -0.39 is 0 Å². The lowest BCUT2D eigenvalue weighted by molar-refractivity contribution is 1.13. The van der Waals surface area contributed by atoms with Crippen molar-refractivity contribution in [3.05, 3.63) is 78.4 Å².